The summed E-state index contributed by atoms with van der Waals surface area (Å²) in [6.07, 6.45) is 0.424. The molecule has 0 saturated carbocycles. The molecule has 1 rings (SSSR count). The lowest BCUT2D eigenvalue weighted by Crippen LogP contribution is -2.40. The van der Waals surface area contributed by atoms with E-state index in [1.54, 1.807) is 21.3 Å². The SMILES string of the molecule is CNC(=O)C(N)Cc1ccc(OC)c(C)c1OC. The van der Waals surface area contributed by atoms with E-state index in [1.165, 1.54) is 0 Å². The molecule has 0 spiro atoms. The number of ether oxygens (including phenoxy) is 2. The van der Waals surface area contributed by atoms with Gasteiger partial charge in [0.25, 0.3) is 0 Å². The van der Waals surface area contributed by atoms with Crippen LogP contribution in [0.3, 0.4) is 0 Å². The molecule has 18 heavy (non-hydrogen) atoms. The lowest BCUT2D eigenvalue weighted by atomic mass is 10.0. The van der Waals surface area contributed by atoms with Crippen molar-refractivity contribution in [1.82, 2.24) is 5.32 Å². The third-order valence-corrected chi connectivity index (χ3v) is 2.88. The van der Waals surface area contributed by atoms with Crippen LogP contribution >= 0.6 is 0 Å². The van der Waals surface area contributed by atoms with Gasteiger partial charge in [0.05, 0.1) is 20.3 Å². The number of hydrogen-bond donors (Lipinski definition) is 2. The number of methoxy groups -OCH3 is 2. The maximum absolute atomic E-state index is 11.4. The number of carbonyl (C=O) groups excluding carboxylic acids is 1. The zero-order valence-corrected chi connectivity index (χ0v) is 11.2. The molecule has 1 amide bonds. The Morgan fingerprint density at radius 3 is 2.56 bits per heavy atom. The molecule has 1 atom stereocenters. The van der Waals surface area contributed by atoms with Crippen LogP contribution in [0.4, 0.5) is 0 Å². The van der Waals surface area contributed by atoms with E-state index >= 15 is 0 Å². The van der Waals surface area contributed by atoms with E-state index in [0.717, 1.165) is 16.9 Å². The fourth-order valence-corrected chi connectivity index (χ4v) is 1.91. The highest BCUT2D eigenvalue weighted by Crippen LogP contribution is 2.31. The second-order valence-corrected chi connectivity index (χ2v) is 4.01. The van der Waals surface area contributed by atoms with Crippen molar-refractivity contribution >= 4 is 5.91 Å². The Morgan fingerprint density at radius 1 is 1.39 bits per heavy atom. The Hall–Kier alpha value is -1.75. The Balaban J connectivity index is 3.03. The second-order valence-electron chi connectivity index (χ2n) is 4.01. The van der Waals surface area contributed by atoms with Crippen LogP contribution in [-0.4, -0.2) is 33.2 Å². The number of carbonyl (C=O) groups is 1. The first-order valence-electron chi connectivity index (χ1n) is 5.72. The van der Waals surface area contributed by atoms with Gasteiger partial charge in [-0.15, -0.1) is 0 Å². The number of hydrogen-bond acceptors (Lipinski definition) is 4. The number of rotatable bonds is 5. The molecule has 5 nitrogen and oxygen atoms in total. The molecule has 1 aromatic carbocycles. The first kappa shape index (κ1) is 14.3. The Labute approximate surface area is 107 Å². The molecule has 0 radical (unpaired) electrons. The maximum atomic E-state index is 11.4. The standard InChI is InChI=1S/C13H20N2O3/c1-8-11(17-3)6-5-9(12(8)18-4)7-10(14)13(16)15-2/h5-6,10H,7,14H2,1-4H3,(H,15,16). The average molecular weight is 252 g/mol. The van der Waals surface area contributed by atoms with Crippen molar-refractivity contribution in [3.63, 3.8) is 0 Å². The topological polar surface area (TPSA) is 73.6 Å². The molecular formula is C13H20N2O3. The minimum atomic E-state index is -0.586. The summed E-state index contributed by atoms with van der Waals surface area (Å²) in [7, 11) is 4.77. The number of benzene rings is 1. The molecule has 0 fully saturated rings. The molecule has 0 aromatic heterocycles. The predicted octanol–water partition coefficient (Wildman–Crippen LogP) is 0.628. The molecule has 5 heteroatoms. The lowest BCUT2D eigenvalue weighted by Gasteiger charge is -2.16. The highest BCUT2D eigenvalue weighted by Gasteiger charge is 2.17. The number of amides is 1. The maximum Gasteiger partial charge on any atom is 0.237 e. The van der Waals surface area contributed by atoms with Crippen molar-refractivity contribution in [2.45, 2.75) is 19.4 Å². The van der Waals surface area contributed by atoms with Gasteiger partial charge in [0.15, 0.2) is 0 Å². The van der Waals surface area contributed by atoms with Gasteiger partial charge in [0.1, 0.15) is 11.5 Å². The van der Waals surface area contributed by atoms with Crippen molar-refractivity contribution in [2.24, 2.45) is 5.73 Å². The van der Waals surface area contributed by atoms with Gasteiger partial charge < -0.3 is 20.5 Å². The summed E-state index contributed by atoms with van der Waals surface area (Å²) in [4.78, 5) is 11.4. The third-order valence-electron chi connectivity index (χ3n) is 2.88. The molecule has 3 N–H and O–H groups in total. The average Bonchev–Trinajstić information content (AvgIpc) is 2.38. The van der Waals surface area contributed by atoms with E-state index in [1.807, 2.05) is 19.1 Å². The van der Waals surface area contributed by atoms with Crippen molar-refractivity contribution in [3.05, 3.63) is 23.3 Å². The van der Waals surface area contributed by atoms with E-state index < -0.39 is 6.04 Å². The van der Waals surface area contributed by atoms with Crippen LogP contribution in [0.15, 0.2) is 12.1 Å². The summed E-state index contributed by atoms with van der Waals surface area (Å²) in [5.74, 6) is 1.28. The summed E-state index contributed by atoms with van der Waals surface area (Å²) in [6.45, 7) is 1.91. The predicted molar refractivity (Wildman–Crippen MR) is 70.0 cm³/mol. The van der Waals surface area contributed by atoms with Crippen LogP contribution in [0.2, 0.25) is 0 Å². The van der Waals surface area contributed by atoms with Gasteiger partial charge in [-0.25, -0.2) is 0 Å². The molecule has 1 aromatic rings. The largest absolute Gasteiger partial charge is 0.496 e. The molecule has 0 bridgehead atoms. The number of nitrogens with two attached hydrogens (primary N) is 1. The summed E-state index contributed by atoms with van der Waals surface area (Å²) in [5.41, 5.74) is 7.60. The smallest absolute Gasteiger partial charge is 0.237 e. The first-order valence-corrected chi connectivity index (χ1v) is 5.72. The van der Waals surface area contributed by atoms with Crippen LogP contribution < -0.4 is 20.5 Å². The van der Waals surface area contributed by atoms with Gasteiger partial charge in [-0.1, -0.05) is 6.07 Å². The molecule has 0 heterocycles. The van der Waals surface area contributed by atoms with Gasteiger partial charge in [-0.3, -0.25) is 4.79 Å². The van der Waals surface area contributed by atoms with Crippen LogP contribution in [0.5, 0.6) is 11.5 Å². The van der Waals surface area contributed by atoms with E-state index in [2.05, 4.69) is 5.32 Å². The number of likely N-dealkylation sites (N-methyl/N-ethyl adjacent to an activating group) is 1. The summed E-state index contributed by atoms with van der Waals surface area (Å²) in [5, 5.41) is 2.53. The highest BCUT2D eigenvalue weighted by molar-refractivity contribution is 5.81. The zero-order chi connectivity index (χ0) is 13.7. The highest BCUT2D eigenvalue weighted by atomic mass is 16.5. The van der Waals surface area contributed by atoms with Gasteiger partial charge in [0.2, 0.25) is 5.91 Å². The van der Waals surface area contributed by atoms with Crippen LogP contribution in [0.25, 0.3) is 0 Å². The third kappa shape index (κ3) is 2.92. The Morgan fingerprint density at radius 2 is 2.06 bits per heavy atom. The van der Waals surface area contributed by atoms with Gasteiger partial charge >= 0.3 is 0 Å². The summed E-state index contributed by atoms with van der Waals surface area (Å²) >= 11 is 0. The number of nitrogens with one attached hydrogen (secondary N) is 1. The van der Waals surface area contributed by atoms with E-state index in [0.29, 0.717) is 12.2 Å². The second kappa shape index (κ2) is 6.26. The van der Waals surface area contributed by atoms with Gasteiger partial charge in [-0.05, 0) is 18.6 Å². The first-order chi connectivity index (χ1) is 8.54. The van der Waals surface area contributed by atoms with Crippen molar-refractivity contribution < 1.29 is 14.3 Å². The molecule has 1 unspecified atom stereocenters. The summed E-state index contributed by atoms with van der Waals surface area (Å²) in [6, 6.07) is 3.13. The summed E-state index contributed by atoms with van der Waals surface area (Å²) < 4.78 is 10.6. The Bertz CT molecular complexity index is 432. The molecule has 0 aliphatic carbocycles. The van der Waals surface area contributed by atoms with Crippen molar-refractivity contribution in [3.8, 4) is 11.5 Å². The molecular weight excluding hydrogens is 232 g/mol. The fourth-order valence-electron chi connectivity index (χ4n) is 1.91. The zero-order valence-electron chi connectivity index (χ0n) is 11.2. The monoisotopic (exact) mass is 252 g/mol. The molecule has 0 saturated heterocycles. The van der Waals surface area contributed by atoms with Gasteiger partial charge in [-0.2, -0.15) is 0 Å². The molecule has 0 aliphatic rings. The van der Waals surface area contributed by atoms with Crippen LogP contribution in [-0.2, 0) is 11.2 Å². The van der Waals surface area contributed by atoms with Crippen LogP contribution in [0, 0.1) is 6.92 Å². The van der Waals surface area contributed by atoms with E-state index in [4.69, 9.17) is 15.2 Å². The molecule has 100 valence electrons. The lowest BCUT2D eigenvalue weighted by molar-refractivity contribution is -0.121. The Kier molecular flexibility index (Phi) is 4.97. The normalized spacial score (nSPS) is 11.8. The van der Waals surface area contributed by atoms with Crippen molar-refractivity contribution in [2.75, 3.05) is 21.3 Å². The van der Waals surface area contributed by atoms with Crippen LogP contribution in [0.1, 0.15) is 11.1 Å². The minimum Gasteiger partial charge on any atom is -0.496 e. The molecule has 0 aliphatic heterocycles. The van der Waals surface area contributed by atoms with Crippen molar-refractivity contribution in [1.29, 1.82) is 0 Å². The minimum absolute atomic E-state index is 0.189. The quantitative estimate of drug-likeness (QED) is 0.806. The van der Waals surface area contributed by atoms with E-state index in [9.17, 15) is 4.79 Å². The van der Waals surface area contributed by atoms with Gasteiger partial charge in [0, 0.05) is 19.0 Å². The fraction of sp³-hybridized carbons (Fsp3) is 0.462. The van der Waals surface area contributed by atoms with E-state index in [-0.39, 0.29) is 5.91 Å².